The quantitative estimate of drug-likeness (QED) is 0.0598. The van der Waals surface area contributed by atoms with E-state index in [1.165, 1.54) is 0 Å². The van der Waals surface area contributed by atoms with Gasteiger partial charge < -0.3 is 15.7 Å². The van der Waals surface area contributed by atoms with Crippen molar-refractivity contribution < 1.29 is 117 Å². The first kappa shape index (κ1) is 85.6. The summed E-state index contributed by atoms with van der Waals surface area (Å²) < 4.78 is 67.9. The number of halogens is 2. The zero-order valence-corrected chi connectivity index (χ0v) is 58.0. The molecule has 4 aromatic heterocycles. The molecule has 8 aromatic carbocycles. The summed E-state index contributed by atoms with van der Waals surface area (Å²) in [5, 5.41) is 48.9. The van der Waals surface area contributed by atoms with Crippen LogP contribution in [0.5, 0.6) is 0 Å². The molecule has 0 spiro atoms. The molecule has 2 radical (unpaired) electrons. The summed E-state index contributed by atoms with van der Waals surface area (Å²) in [6, 6.07) is 96.4. The molecule has 12 aromatic rings. The second-order valence-electron chi connectivity index (χ2n) is 20.1. The molecule has 2 amide bonds. The van der Waals surface area contributed by atoms with Crippen LogP contribution >= 0.6 is 0 Å². The standard InChI is InChI=1S/4C19H15N3O.2ClHO4.2Cu.H2O/c4*23-19(16-11-5-2-6-12-16)22-21-18(15-9-3-1-4-10-15)17-13-7-8-14-20-17;2*2-1(3,4)5;;;/h4*1-14H,(H,22,23);2*(H,2,3,4,5);;;1H2/q;;;;;;2*+2;/p-4/b4*21-18+;;;;;. The molecule has 105 heavy (non-hydrogen) atoms. The summed E-state index contributed by atoms with van der Waals surface area (Å²) in [6.07, 6.45) is 6.78. The third-order valence-electron chi connectivity index (χ3n) is 13.0. The van der Waals surface area contributed by atoms with Gasteiger partial charge in [-0.1, -0.05) is 243 Å². The first-order valence-electron chi connectivity index (χ1n) is 30.1. The van der Waals surface area contributed by atoms with Crippen LogP contribution in [0.3, 0.4) is 0 Å². The molecule has 538 valence electrons. The van der Waals surface area contributed by atoms with E-state index in [0.29, 0.717) is 67.9 Å². The fourth-order valence-corrected chi connectivity index (χ4v) is 8.44. The topological polar surface area (TPSA) is 446 Å². The van der Waals surface area contributed by atoms with Crippen LogP contribution in [0.15, 0.2) is 371 Å². The maximum Gasteiger partial charge on any atom is 2.00 e. The van der Waals surface area contributed by atoms with Gasteiger partial charge in [0.05, 0.1) is 22.8 Å². The summed E-state index contributed by atoms with van der Waals surface area (Å²) in [6.45, 7) is 0. The molecule has 0 aliphatic heterocycles. The van der Waals surface area contributed by atoms with Crippen LogP contribution in [0, 0.1) is 20.5 Å². The molecule has 25 nitrogen and oxygen atoms in total. The largest absolute Gasteiger partial charge is 2.00 e. The molecular formula is C76H60Cl2Cu2N12O13. The molecule has 0 aliphatic rings. The molecular weight excluding hydrogens is 1490 g/mol. The zero-order valence-electron chi connectivity index (χ0n) is 54.6. The summed E-state index contributed by atoms with van der Waals surface area (Å²) >= 11 is 0. The Labute approximate surface area is 628 Å². The van der Waals surface area contributed by atoms with Gasteiger partial charge in [0.2, 0.25) is 0 Å². The monoisotopic (exact) mass is 1540 g/mol. The van der Waals surface area contributed by atoms with Gasteiger partial charge >= 0.3 is 34.1 Å². The predicted octanol–water partition coefficient (Wildman–Crippen LogP) is 1.47. The molecule has 0 aliphatic carbocycles. The maximum atomic E-state index is 12.2. The van der Waals surface area contributed by atoms with E-state index in [-0.39, 0.29) is 63.2 Å². The van der Waals surface area contributed by atoms with Crippen LogP contribution in [0.4, 0.5) is 0 Å². The van der Waals surface area contributed by atoms with Gasteiger partial charge in [0.15, 0.2) is 0 Å². The van der Waals surface area contributed by atoms with Crippen molar-refractivity contribution in [2.75, 3.05) is 0 Å². The SMILES string of the molecule is O.O=C(N/N=C(\c1ccccc1)c1ccccn1)c1ccccc1.O=C(N/N=C(\c1ccccc1)c1ccccn1)c1ccccc1.[Cu+2].[Cu+2].[O-]/C(=N\N=C(/c1ccccc1)c1ccccn1)c1ccccc1.[O-]/C(=N\N=C(/c1ccccc1)c1ccccn1)c1ccccc1.[O-][Cl+3]([O-])([O-])[O-].[O-][Cl+3]([O-])([O-])[O-]. The first-order chi connectivity index (χ1) is 49.4. The van der Waals surface area contributed by atoms with Crippen molar-refractivity contribution in [3.63, 3.8) is 0 Å². The number of aromatic nitrogens is 4. The minimum atomic E-state index is -4.94. The van der Waals surface area contributed by atoms with E-state index in [2.05, 4.69) is 61.4 Å². The third kappa shape index (κ3) is 32.4. The van der Waals surface area contributed by atoms with E-state index < -0.39 is 20.5 Å². The van der Waals surface area contributed by atoms with E-state index in [4.69, 9.17) is 37.3 Å². The van der Waals surface area contributed by atoms with Crippen molar-refractivity contribution in [3.8, 4) is 0 Å². The van der Waals surface area contributed by atoms with Gasteiger partial charge in [-0.2, -0.15) is 20.4 Å². The normalized spacial score (nSPS) is 11.3. The number of nitrogens with one attached hydrogen (secondary N) is 2. The van der Waals surface area contributed by atoms with E-state index in [0.717, 1.165) is 22.3 Å². The van der Waals surface area contributed by atoms with Crippen LogP contribution in [-0.4, -0.2) is 71.9 Å². The van der Waals surface area contributed by atoms with Crippen molar-refractivity contribution >= 4 is 46.5 Å². The Morgan fingerprint density at radius 1 is 0.257 bits per heavy atom. The first-order valence-corrected chi connectivity index (χ1v) is 32.6. The number of amides is 2. The van der Waals surface area contributed by atoms with Crippen molar-refractivity contribution in [2.24, 2.45) is 30.6 Å². The van der Waals surface area contributed by atoms with Gasteiger partial charge in [-0.3, -0.25) is 29.5 Å². The Balaban J connectivity index is 0.000000281. The average molecular weight is 1550 g/mol. The number of rotatable bonds is 16. The minimum absolute atomic E-state index is 0. The summed E-state index contributed by atoms with van der Waals surface area (Å²) in [5.41, 5.74) is 15.9. The smallest absolute Gasteiger partial charge is 0.857 e. The Hall–Kier alpha value is -11.8. The molecule has 0 atom stereocenters. The van der Waals surface area contributed by atoms with Crippen LogP contribution in [0.2, 0.25) is 0 Å². The number of carbonyl (C=O) groups is 2. The number of hydrazone groups is 2. The number of benzene rings is 8. The number of hydrogen-bond acceptors (Lipinski definition) is 22. The molecule has 29 heteroatoms. The van der Waals surface area contributed by atoms with E-state index >= 15 is 0 Å². The van der Waals surface area contributed by atoms with Crippen molar-refractivity contribution in [1.29, 1.82) is 0 Å². The summed E-state index contributed by atoms with van der Waals surface area (Å²) in [5.74, 6) is -1.27. The van der Waals surface area contributed by atoms with E-state index in [1.54, 1.807) is 97.6 Å². The fraction of sp³-hybridized carbons (Fsp3) is 0. The summed E-state index contributed by atoms with van der Waals surface area (Å²) in [7, 11) is -9.89. The van der Waals surface area contributed by atoms with Crippen molar-refractivity contribution in [1.82, 2.24) is 30.8 Å². The predicted molar refractivity (Wildman–Crippen MR) is 363 cm³/mol. The van der Waals surface area contributed by atoms with Gasteiger partial charge in [0, 0.05) is 70.0 Å². The van der Waals surface area contributed by atoms with E-state index in [9.17, 15) is 19.8 Å². The van der Waals surface area contributed by atoms with Gasteiger partial charge in [-0.25, -0.2) is 48.1 Å². The zero-order chi connectivity index (χ0) is 72.6. The molecule has 0 fully saturated rings. The molecule has 0 unspecified atom stereocenters. The fourth-order valence-electron chi connectivity index (χ4n) is 8.44. The number of nitrogens with zero attached hydrogens (tertiary/aromatic N) is 10. The van der Waals surface area contributed by atoms with Crippen LogP contribution < -0.4 is 58.3 Å². The Morgan fingerprint density at radius 3 is 0.648 bits per heavy atom. The van der Waals surface area contributed by atoms with Crippen LogP contribution in [-0.2, 0) is 34.1 Å². The van der Waals surface area contributed by atoms with E-state index in [1.807, 2.05) is 243 Å². The molecule has 0 saturated heterocycles. The van der Waals surface area contributed by atoms with Gasteiger partial charge in [-0.05, 0) is 83.9 Å². The Morgan fingerprint density at radius 2 is 0.438 bits per heavy atom. The van der Waals surface area contributed by atoms with Crippen LogP contribution in [0.25, 0.3) is 0 Å². The van der Waals surface area contributed by atoms with Gasteiger partial charge in [0.25, 0.3) is 11.8 Å². The molecule has 12 rings (SSSR count). The maximum absolute atomic E-state index is 12.2. The molecule has 0 bridgehead atoms. The second kappa shape index (κ2) is 46.6. The molecule has 4 heterocycles. The molecule has 4 N–H and O–H groups in total. The average Bonchev–Trinajstić information content (AvgIpc) is 0.866. The number of hydrogen-bond donors (Lipinski definition) is 2. The summed E-state index contributed by atoms with van der Waals surface area (Å²) in [4.78, 5) is 41.6. The van der Waals surface area contributed by atoms with Crippen LogP contribution in [0.1, 0.15) is 76.9 Å². The van der Waals surface area contributed by atoms with Gasteiger partial charge in [0.1, 0.15) is 22.8 Å². The third-order valence-corrected chi connectivity index (χ3v) is 13.0. The second-order valence-corrected chi connectivity index (χ2v) is 21.6. The minimum Gasteiger partial charge on any atom is -0.857 e. The van der Waals surface area contributed by atoms with Gasteiger partial charge in [-0.15, -0.1) is 30.7 Å². The Kier molecular flexibility index (Phi) is 38.0. The number of carbonyl (C=O) groups excluding carboxylic acids is 2. The van der Waals surface area contributed by atoms with Crippen molar-refractivity contribution in [3.05, 3.63) is 408 Å². The number of pyridine rings is 4. The van der Waals surface area contributed by atoms with Crippen molar-refractivity contribution in [2.45, 2.75) is 0 Å². The molecule has 0 saturated carbocycles. The Bertz CT molecular complexity index is 4170.